The molecule has 4 aromatic rings. The largest absolute Gasteiger partial charge is 0.508 e. The number of aromatic nitrogens is 5. The van der Waals surface area contributed by atoms with Crippen molar-refractivity contribution in [3.05, 3.63) is 70.9 Å². The molecule has 0 aliphatic heterocycles. The van der Waals surface area contributed by atoms with Crippen molar-refractivity contribution >= 4 is 17.2 Å². The van der Waals surface area contributed by atoms with Gasteiger partial charge in [-0.05, 0) is 54.9 Å². The van der Waals surface area contributed by atoms with E-state index in [2.05, 4.69) is 35.3 Å². The van der Waals surface area contributed by atoms with Crippen LogP contribution in [0.1, 0.15) is 55.7 Å². The fraction of sp³-hybridized carbons (Fsp3) is 0.308. The lowest BCUT2D eigenvalue weighted by molar-refractivity contribution is 0.469. The molecule has 0 fully saturated rings. The highest BCUT2D eigenvalue weighted by Crippen LogP contribution is 2.44. The third-order valence-electron chi connectivity index (χ3n) is 6.85. The summed E-state index contributed by atoms with van der Waals surface area (Å²) < 4.78 is 15.6. The Kier molecular flexibility index (Phi) is 4.83. The molecule has 0 amide bonds. The molecule has 0 bridgehead atoms. The van der Waals surface area contributed by atoms with Crippen LogP contribution in [-0.4, -0.2) is 35.7 Å². The lowest BCUT2D eigenvalue weighted by Crippen LogP contribution is -2.25. The van der Waals surface area contributed by atoms with Crippen LogP contribution in [-0.2, 0) is 6.42 Å². The average molecular weight is 457 g/mol. The molecule has 6 rings (SSSR count). The van der Waals surface area contributed by atoms with Crippen LogP contribution in [0.3, 0.4) is 0 Å². The zero-order chi connectivity index (χ0) is 23.4. The second-order valence-corrected chi connectivity index (χ2v) is 9.40. The number of anilines is 1. The van der Waals surface area contributed by atoms with Gasteiger partial charge in [-0.3, -0.25) is 4.98 Å². The smallest absolute Gasteiger partial charge is 0.228 e. The molecule has 3 aromatic heterocycles. The minimum Gasteiger partial charge on any atom is -0.508 e. The fourth-order valence-electron chi connectivity index (χ4n) is 5.11. The highest BCUT2D eigenvalue weighted by atomic mass is 19.1. The van der Waals surface area contributed by atoms with Crippen molar-refractivity contribution < 1.29 is 9.50 Å². The molecule has 8 heteroatoms. The maximum Gasteiger partial charge on any atom is 0.228 e. The van der Waals surface area contributed by atoms with Crippen molar-refractivity contribution in [1.82, 2.24) is 24.6 Å². The molecule has 1 atom stereocenters. The SMILES string of the molecule is CC(C)c1cnn2c(N[C@H]3CCC4=C(C3)c3cccc(O)c3C4)nc(-c3cncc(F)c3)nc12. The van der Waals surface area contributed by atoms with Gasteiger partial charge in [0.2, 0.25) is 5.95 Å². The Morgan fingerprint density at radius 2 is 2.06 bits per heavy atom. The normalized spacial score (nSPS) is 17.4. The lowest BCUT2D eigenvalue weighted by atomic mass is 9.88. The number of allylic oxidation sites excluding steroid dienone is 1. The van der Waals surface area contributed by atoms with Crippen LogP contribution in [0.25, 0.3) is 22.6 Å². The summed E-state index contributed by atoms with van der Waals surface area (Å²) in [6.07, 6.45) is 8.15. The number of aromatic hydroxyl groups is 1. The monoisotopic (exact) mass is 456 g/mol. The molecule has 34 heavy (non-hydrogen) atoms. The molecular weight excluding hydrogens is 431 g/mol. The number of rotatable bonds is 4. The van der Waals surface area contributed by atoms with Gasteiger partial charge in [0.05, 0.1) is 12.4 Å². The zero-order valence-electron chi connectivity index (χ0n) is 19.1. The van der Waals surface area contributed by atoms with E-state index < -0.39 is 5.82 Å². The maximum atomic E-state index is 13.9. The molecule has 1 aromatic carbocycles. The minimum absolute atomic E-state index is 0.148. The van der Waals surface area contributed by atoms with E-state index in [1.54, 1.807) is 16.8 Å². The number of benzene rings is 1. The maximum absolute atomic E-state index is 13.9. The van der Waals surface area contributed by atoms with E-state index in [4.69, 9.17) is 9.97 Å². The third kappa shape index (κ3) is 3.41. The van der Waals surface area contributed by atoms with Crippen molar-refractivity contribution in [2.24, 2.45) is 0 Å². The van der Waals surface area contributed by atoms with E-state index in [1.807, 2.05) is 12.3 Å². The fourth-order valence-corrected chi connectivity index (χ4v) is 5.11. The van der Waals surface area contributed by atoms with E-state index in [1.165, 1.54) is 23.4 Å². The predicted octanol–water partition coefficient (Wildman–Crippen LogP) is 5.13. The van der Waals surface area contributed by atoms with Gasteiger partial charge in [0, 0.05) is 28.9 Å². The average Bonchev–Trinajstić information content (AvgIpc) is 3.42. The molecule has 7 nitrogen and oxygen atoms in total. The molecule has 172 valence electrons. The second kappa shape index (κ2) is 7.90. The first kappa shape index (κ1) is 20.8. The number of phenolic OH excluding ortho intramolecular Hbond substituents is 1. The Morgan fingerprint density at radius 1 is 1.18 bits per heavy atom. The Labute approximate surface area is 196 Å². The standard InChI is InChI=1S/C26H25FN6O/c1-14(2)22-13-29-33-25(22)31-24(16-8-17(27)12-28-11-16)32-26(33)30-18-7-6-15-9-21-19(20(15)10-18)4-3-5-23(21)34/h3-5,8,11-14,18,34H,6-7,9-10H2,1-2H3,(H,30,31,32)/t18-/m0/s1. The van der Waals surface area contributed by atoms with Crippen LogP contribution in [0, 0.1) is 5.82 Å². The van der Waals surface area contributed by atoms with Gasteiger partial charge in [0.25, 0.3) is 0 Å². The van der Waals surface area contributed by atoms with E-state index in [-0.39, 0.29) is 12.0 Å². The van der Waals surface area contributed by atoms with Gasteiger partial charge in [0.1, 0.15) is 11.6 Å². The first-order valence-electron chi connectivity index (χ1n) is 11.6. The number of halogens is 1. The molecule has 0 saturated carbocycles. The van der Waals surface area contributed by atoms with E-state index >= 15 is 0 Å². The Bertz CT molecular complexity index is 1460. The van der Waals surface area contributed by atoms with Crippen LogP contribution in [0.5, 0.6) is 5.75 Å². The van der Waals surface area contributed by atoms with E-state index in [9.17, 15) is 9.50 Å². The molecule has 2 aliphatic carbocycles. The molecule has 0 spiro atoms. The summed E-state index contributed by atoms with van der Waals surface area (Å²) in [5, 5.41) is 18.5. The minimum atomic E-state index is -0.428. The van der Waals surface area contributed by atoms with Gasteiger partial charge in [-0.1, -0.05) is 31.6 Å². The number of nitrogens with one attached hydrogen (secondary N) is 1. The molecule has 3 heterocycles. The van der Waals surface area contributed by atoms with Gasteiger partial charge in [-0.25, -0.2) is 9.37 Å². The quantitative estimate of drug-likeness (QED) is 0.443. The van der Waals surface area contributed by atoms with Crippen LogP contribution in [0.2, 0.25) is 0 Å². The third-order valence-corrected chi connectivity index (χ3v) is 6.85. The number of phenols is 1. The summed E-state index contributed by atoms with van der Waals surface area (Å²) in [5.41, 5.74) is 7.15. The van der Waals surface area contributed by atoms with Gasteiger partial charge in [0.15, 0.2) is 11.5 Å². The van der Waals surface area contributed by atoms with Gasteiger partial charge < -0.3 is 10.4 Å². The number of hydrogen-bond donors (Lipinski definition) is 2. The highest BCUT2D eigenvalue weighted by molar-refractivity contribution is 5.79. The van der Waals surface area contributed by atoms with Crippen LogP contribution in [0.4, 0.5) is 10.3 Å². The summed E-state index contributed by atoms with van der Waals surface area (Å²) >= 11 is 0. The molecule has 2 aliphatic rings. The summed E-state index contributed by atoms with van der Waals surface area (Å²) in [6.45, 7) is 4.19. The van der Waals surface area contributed by atoms with Gasteiger partial charge >= 0.3 is 0 Å². The molecule has 2 N–H and O–H groups in total. The number of nitrogens with zero attached hydrogens (tertiary/aromatic N) is 5. The summed E-state index contributed by atoms with van der Waals surface area (Å²) in [4.78, 5) is 13.4. The highest BCUT2D eigenvalue weighted by Gasteiger charge is 2.30. The summed E-state index contributed by atoms with van der Waals surface area (Å²) in [5.74, 6) is 1.17. The lowest BCUT2D eigenvalue weighted by Gasteiger charge is -2.26. The van der Waals surface area contributed by atoms with E-state index in [0.717, 1.165) is 42.4 Å². The molecule has 0 saturated heterocycles. The number of hydrogen-bond acceptors (Lipinski definition) is 6. The number of pyridine rings is 1. The molecular formula is C26H25FN6O. The van der Waals surface area contributed by atoms with Crippen molar-refractivity contribution in [2.75, 3.05) is 5.32 Å². The van der Waals surface area contributed by atoms with Gasteiger partial charge in [-0.2, -0.15) is 14.6 Å². The predicted molar refractivity (Wildman–Crippen MR) is 128 cm³/mol. The van der Waals surface area contributed by atoms with E-state index in [0.29, 0.717) is 28.7 Å². The first-order valence-corrected chi connectivity index (χ1v) is 11.6. The Hall–Kier alpha value is -3.81. The van der Waals surface area contributed by atoms with Crippen molar-refractivity contribution in [3.8, 4) is 17.1 Å². The molecule has 0 unspecified atom stereocenters. The van der Waals surface area contributed by atoms with Crippen LogP contribution in [0.15, 0.2) is 48.4 Å². The summed E-state index contributed by atoms with van der Waals surface area (Å²) in [6, 6.07) is 7.31. The van der Waals surface area contributed by atoms with Crippen molar-refractivity contribution in [1.29, 1.82) is 0 Å². The van der Waals surface area contributed by atoms with Crippen molar-refractivity contribution in [3.63, 3.8) is 0 Å². The Balaban J connectivity index is 1.38. The summed E-state index contributed by atoms with van der Waals surface area (Å²) in [7, 11) is 0. The van der Waals surface area contributed by atoms with Crippen LogP contribution < -0.4 is 5.32 Å². The van der Waals surface area contributed by atoms with Crippen LogP contribution >= 0.6 is 0 Å². The topological polar surface area (TPSA) is 88.2 Å². The van der Waals surface area contributed by atoms with Crippen molar-refractivity contribution in [2.45, 2.75) is 51.5 Å². The first-order chi connectivity index (χ1) is 16.5. The number of fused-ring (bicyclic) bond motifs is 3. The second-order valence-electron chi connectivity index (χ2n) is 9.40. The zero-order valence-corrected chi connectivity index (χ0v) is 19.1. The molecule has 0 radical (unpaired) electrons. The van der Waals surface area contributed by atoms with Gasteiger partial charge in [-0.15, -0.1) is 0 Å². The Morgan fingerprint density at radius 3 is 2.88 bits per heavy atom.